The fraction of sp³-hybridized carbons (Fsp3) is 0.100. The van der Waals surface area contributed by atoms with Crippen molar-refractivity contribution in [2.75, 3.05) is 5.73 Å². The Hall–Kier alpha value is -3.11. The van der Waals surface area contributed by atoms with E-state index in [4.69, 9.17) is 5.73 Å². The van der Waals surface area contributed by atoms with Crippen LogP contribution in [0.1, 0.15) is 11.1 Å². The molecule has 0 radical (unpaired) electrons. The summed E-state index contributed by atoms with van der Waals surface area (Å²) in [4.78, 5) is 0.0256. The van der Waals surface area contributed by atoms with E-state index in [-0.39, 0.29) is 4.90 Å². The number of nitrogens with two attached hydrogens (primary N) is 1. The van der Waals surface area contributed by atoms with Crippen LogP contribution in [0.2, 0.25) is 0 Å². The largest absolute Gasteiger partial charge is 0.399 e. The number of azo groups is 2. The lowest BCUT2D eigenvalue weighted by atomic mass is 10.1. The van der Waals surface area contributed by atoms with Crippen molar-refractivity contribution in [1.82, 2.24) is 0 Å². The molecule has 0 aromatic heterocycles. The average Bonchev–Trinajstić information content (AvgIpc) is 2.68. The lowest BCUT2D eigenvalue weighted by Crippen LogP contribution is -1.94. The Morgan fingerprint density at radius 2 is 1.10 bits per heavy atom. The number of benzene rings is 3. The van der Waals surface area contributed by atoms with E-state index in [0.29, 0.717) is 17.1 Å². The molecule has 0 aliphatic rings. The number of anilines is 1. The Morgan fingerprint density at radius 1 is 0.655 bits per heavy atom. The molecule has 0 bridgehead atoms. The number of aryl methyl sites for hydroxylation is 2. The van der Waals surface area contributed by atoms with Crippen molar-refractivity contribution in [3.8, 4) is 0 Å². The van der Waals surface area contributed by atoms with Gasteiger partial charge in [-0.25, -0.2) is 0 Å². The van der Waals surface area contributed by atoms with Gasteiger partial charge >= 0.3 is 0 Å². The van der Waals surface area contributed by atoms with Gasteiger partial charge in [0.15, 0.2) is 0 Å². The summed E-state index contributed by atoms with van der Waals surface area (Å²) in [6.07, 6.45) is 0. The number of rotatable bonds is 5. The van der Waals surface area contributed by atoms with Gasteiger partial charge in [-0.1, -0.05) is 0 Å². The molecule has 0 heterocycles. The van der Waals surface area contributed by atoms with Gasteiger partial charge in [0.2, 0.25) is 0 Å². The first kappa shape index (κ1) is 20.6. The molecule has 0 saturated carbocycles. The van der Waals surface area contributed by atoms with Crippen molar-refractivity contribution in [3.05, 3.63) is 71.8 Å². The predicted octanol–water partition coefficient (Wildman–Crippen LogP) is 7.30. The van der Waals surface area contributed by atoms with E-state index in [0.717, 1.165) is 22.5 Å². The standard InChI is InChI=1S/C20H21N5O3S/c1-13-12-20(14(2)11-19(13)21)25-24-16-5-3-15(4-6-16)22-23-17-7-9-18(10-8-17)29(26,27)28/h3-12,26-28H,21H2,1-2H3. The van der Waals surface area contributed by atoms with Crippen LogP contribution in [0.5, 0.6) is 0 Å². The van der Waals surface area contributed by atoms with Crippen molar-refractivity contribution in [2.45, 2.75) is 18.7 Å². The molecule has 0 atom stereocenters. The van der Waals surface area contributed by atoms with Crippen LogP contribution in [-0.4, -0.2) is 13.7 Å². The molecule has 0 unspecified atom stereocenters. The van der Waals surface area contributed by atoms with Crippen LogP contribution in [0.15, 0.2) is 86.0 Å². The molecule has 8 nitrogen and oxygen atoms in total. The summed E-state index contributed by atoms with van der Waals surface area (Å²) in [5.41, 5.74) is 11.1. The fourth-order valence-corrected chi connectivity index (χ4v) is 2.94. The molecule has 3 aromatic rings. The molecule has 0 aliphatic carbocycles. The highest BCUT2D eigenvalue weighted by molar-refractivity contribution is 8.19. The molecular formula is C20H21N5O3S. The molecule has 0 spiro atoms. The van der Waals surface area contributed by atoms with E-state index in [1.807, 2.05) is 26.0 Å². The Bertz CT molecular complexity index is 1060. The summed E-state index contributed by atoms with van der Waals surface area (Å²) in [6, 6.07) is 16.7. The van der Waals surface area contributed by atoms with Crippen molar-refractivity contribution < 1.29 is 13.7 Å². The number of nitrogens with zero attached hydrogens (tertiary/aromatic N) is 4. The smallest absolute Gasteiger partial charge is 0.112 e. The highest BCUT2D eigenvalue weighted by Crippen LogP contribution is 2.43. The van der Waals surface area contributed by atoms with E-state index in [1.165, 1.54) is 24.3 Å². The molecular weight excluding hydrogens is 390 g/mol. The van der Waals surface area contributed by atoms with E-state index >= 15 is 0 Å². The maximum Gasteiger partial charge on any atom is 0.112 e. The van der Waals surface area contributed by atoms with Gasteiger partial charge < -0.3 is 19.4 Å². The molecule has 0 fully saturated rings. The van der Waals surface area contributed by atoms with Crippen molar-refractivity contribution in [2.24, 2.45) is 20.5 Å². The van der Waals surface area contributed by atoms with Crippen molar-refractivity contribution in [3.63, 3.8) is 0 Å². The van der Waals surface area contributed by atoms with Gasteiger partial charge in [-0.15, -0.1) is 0 Å². The normalized spacial score (nSPS) is 12.7. The number of nitrogen functional groups attached to an aromatic ring is 1. The van der Waals surface area contributed by atoms with Gasteiger partial charge in [-0.3, -0.25) is 0 Å². The SMILES string of the molecule is Cc1cc(N=Nc2ccc(N=Nc3ccc(S(O)(O)O)cc3)cc2)c(C)cc1N. The molecule has 0 aliphatic heterocycles. The van der Waals surface area contributed by atoms with Gasteiger partial charge in [0.1, 0.15) is 10.9 Å². The van der Waals surface area contributed by atoms with E-state index in [9.17, 15) is 13.7 Å². The first-order valence-corrected chi connectivity index (χ1v) is 10.1. The Labute approximate surface area is 170 Å². The summed E-state index contributed by atoms with van der Waals surface area (Å²) in [5, 5.41) is 16.7. The van der Waals surface area contributed by atoms with Crippen LogP contribution in [0.4, 0.5) is 28.4 Å². The second-order valence-corrected chi connectivity index (χ2v) is 7.93. The zero-order chi connectivity index (χ0) is 21.0. The minimum atomic E-state index is -3.72. The Kier molecular flexibility index (Phi) is 6.04. The first-order valence-electron chi connectivity index (χ1n) is 8.63. The topological polar surface area (TPSA) is 136 Å². The van der Waals surface area contributed by atoms with E-state index < -0.39 is 10.9 Å². The first-order chi connectivity index (χ1) is 13.7. The second-order valence-electron chi connectivity index (χ2n) is 6.42. The summed E-state index contributed by atoms with van der Waals surface area (Å²) in [6.45, 7) is 3.86. The lowest BCUT2D eigenvalue weighted by Gasteiger charge is -2.18. The van der Waals surface area contributed by atoms with Crippen LogP contribution >= 0.6 is 10.9 Å². The monoisotopic (exact) mass is 411 g/mol. The molecule has 29 heavy (non-hydrogen) atoms. The van der Waals surface area contributed by atoms with E-state index in [1.54, 1.807) is 24.3 Å². The van der Waals surface area contributed by atoms with E-state index in [2.05, 4.69) is 20.5 Å². The maximum atomic E-state index is 9.19. The average molecular weight is 411 g/mol. The van der Waals surface area contributed by atoms with Crippen LogP contribution in [-0.2, 0) is 0 Å². The highest BCUT2D eigenvalue weighted by Gasteiger charge is 2.14. The molecule has 0 saturated heterocycles. The molecule has 3 rings (SSSR count). The minimum absolute atomic E-state index is 0.0256. The summed E-state index contributed by atoms with van der Waals surface area (Å²) in [7, 11) is -3.72. The summed E-state index contributed by atoms with van der Waals surface area (Å²) >= 11 is 0. The van der Waals surface area contributed by atoms with Gasteiger partial charge in [-0.05, 0) is 85.6 Å². The van der Waals surface area contributed by atoms with Gasteiger partial charge in [-0.2, -0.15) is 20.5 Å². The zero-order valence-electron chi connectivity index (χ0n) is 15.9. The van der Waals surface area contributed by atoms with Gasteiger partial charge in [0, 0.05) is 5.69 Å². The van der Waals surface area contributed by atoms with Crippen molar-refractivity contribution >= 4 is 39.3 Å². The highest BCUT2D eigenvalue weighted by atomic mass is 32.3. The third-order valence-corrected chi connectivity index (χ3v) is 5.05. The second kappa shape index (κ2) is 8.50. The van der Waals surface area contributed by atoms with Crippen molar-refractivity contribution in [1.29, 1.82) is 0 Å². The van der Waals surface area contributed by atoms with Crippen LogP contribution < -0.4 is 5.73 Å². The molecule has 3 aromatic carbocycles. The summed E-state index contributed by atoms with van der Waals surface area (Å²) in [5.74, 6) is 0. The third-order valence-electron chi connectivity index (χ3n) is 4.14. The number of hydrogen-bond donors (Lipinski definition) is 4. The fourth-order valence-electron chi connectivity index (χ4n) is 2.44. The lowest BCUT2D eigenvalue weighted by molar-refractivity contribution is 0.376. The Morgan fingerprint density at radius 3 is 1.59 bits per heavy atom. The molecule has 5 N–H and O–H groups in total. The van der Waals surface area contributed by atoms with Crippen LogP contribution in [0, 0.1) is 13.8 Å². The zero-order valence-corrected chi connectivity index (χ0v) is 16.7. The molecule has 150 valence electrons. The summed E-state index contributed by atoms with van der Waals surface area (Å²) < 4.78 is 27.6. The molecule has 0 amide bonds. The predicted molar refractivity (Wildman–Crippen MR) is 115 cm³/mol. The Balaban J connectivity index is 1.69. The quantitative estimate of drug-likeness (QED) is 0.258. The minimum Gasteiger partial charge on any atom is -0.399 e. The molecule has 9 heteroatoms. The van der Waals surface area contributed by atoms with Gasteiger partial charge in [0.25, 0.3) is 0 Å². The van der Waals surface area contributed by atoms with Crippen LogP contribution in [0.3, 0.4) is 0 Å². The third kappa shape index (κ3) is 5.46. The van der Waals surface area contributed by atoms with Gasteiger partial charge in [0.05, 0.1) is 27.6 Å². The van der Waals surface area contributed by atoms with Crippen LogP contribution in [0.25, 0.3) is 0 Å². The number of hydrogen-bond acceptors (Lipinski definition) is 8. The maximum absolute atomic E-state index is 9.19.